The van der Waals surface area contributed by atoms with E-state index in [1.54, 1.807) is 0 Å². The number of ether oxygens (including phenoxy) is 1. The van der Waals surface area contributed by atoms with Crippen LogP contribution < -0.4 is 4.74 Å². The molecule has 1 amide bonds. The molecule has 0 N–H and O–H groups in total. The molecular formula is C18H13F4N3O4S. The Kier molecular flexibility index (Phi) is 5.61. The molecule has 12 heteroatoms. The average Bonchev–Trinajstić information content (AvgIpc) is 3.18. The van der Waals surface area contributed by atoms with Crippen LogP contribution in [0.2, 0.25) is 0 Å². The Labute approximate surface area is 167 Å². The fourth-order valence-corrected chi connectivity index (χ4v) is 3.75. The van der Waals surface area contributed by atoms with E-state index in [9.17, 15) is 26.6 Å². The van der Waals surface area contributed by atoms with Crippen LogP contribution in [0.25, 0.3) is 11.4 Å². The van der Waals surface area contributed by atoms with Crippen LogP contribution in [0, 0.1) is 5.82 Å². The molecule has 3 aromatic rings. The second-order valence-electron chi connectivity index (χ2n) is 5.97. The monoisotopic (exact) mass is 443 g/mol. The lowest BCUT2D eigenvalue weighted by atomic mass is 10.1. The minimum absolute atomic E-state index is 0.0778. The number of amides is 1. The summed E-state index contributed by atoms with van der Waals surface area (Å²) in [6.45, 7) is 0. The molecule has 0 aliphatic carbocycles. The summed E-state index contributed by atoms with van der Waals surface area (Å²) in [6.07, 6.45) is -3.69. The van der Waals surface area contributed by atoms with Crippen molar-refractivity contribution in [3.05, 3.63) is 59.7 Å². The van der Waals surface area contributed by atoms with Crippen LogP contribution in [0.15, 0.2) is 56.2 Å². The molecule has 0 saturated heterocycles. The maximum atomic E-state index is 13.9. The number of benzene rings is 2. The molecule has 0 radical (unpaired) electrons. The maximum Gasteiger partial charge on any atom is 0.471 e. The van der Waals surface area contributed by atoms with E-state index in [1.165, 1.54) is 43.5 Å². The molecule has 1 aromatic heterocycles. The summed E-state index contributed by atoms with van der Waals surface area (Å²) in [4.78, 5) is 15.6. The molecule has 0 aliphatic heterocycles. The molecule has 1 unspecified atom stereocenters. The predicted molar refractivity (Wildman–Crippen MR) is 96.8 cm³/mol. The minimum atomic E-state index is -4.81. The number of methoxy groups -OCH3 is 1. The fourth-order valence-electron chi connectivity index (χ4n) is 2.47. The molecule has 3 rings (SSSR count). The lowest BCUT2D eigenvalue weighted by Gasteiger charge is -2.08. The van der Waals surface area contributed by atoms with E-state index < -0.39 is 33.5 Å². The third-order valence-electron chi connectivity index (χ3n) is 3.86. The van der Waals surface area contributed by atoms with Gasteiger partial charge in [-0.1, -0.05) is 17.3 Å². The predicted octanol–water partition coefficient (Wildman–Crippen LogP) is 4.20. The number of carbonyl (C=O) groups excluding carboxylic acids is 1. The first kappa shape index (κ1) is 21.4. The lowest BCUT2D eigenvalue weighted by molar-refractivity contribution is -0.159. The van der Waals surface area contributed by atoms with Crippen molar-refractivity contribution in [3.63, 3.8) is 0 Å². The Morgan fingerprint density at radius 2 is 1.90 bits per heavy atom. The first-order chi connectivity index (χ1) is 14.0. The van der Waals surface area contributed by atoms with Gasteiger partial charge in [0.1, 0.15) is 11.6 Å². The Bertz CT molecular complexity index is 1230. The van der Waals surface area contributed by atoms with Gasteiger partial charge in [0.2, 0.25) is 5.82 Å². The van der Waals surface area contributed by atoms with Crippen LogP contribution in [0.5, 0.6) is 5.75 Å². The van der Waals surface area contributed by atoms with Gasteiger partial charge in [0.25, 0.3) is 5.91 Å². The molecule has 0 bridgehead atoms. The van der Waals surface area contributed by atoms with E-state index in [0.717, 1.165) is 12.3 Å². The summed E-state index contributed by atoms with van der Waals surface area (Å²) >= 11 is 0. The van der Waals surface area contributed by atoms with E-state index >= 15 is 0 Å². The first-order valence-electron chi connectivity index (χ1n) is 8.13. The van der Waals surface area contributed by atoms with Gasteiger partial charge in [-0.25, -0.2) is 8.60 Å². The van der Waals surface area contributed by atoms with Crippen molar-refractivity contribution >= 4 is 15.6 Å². The molecule has 0 aliphatic rings. The standard InChI is InChI=1S/C18H13F4N3O4S/c1-28-13-9-10(15-23-17(29-24-15)18(20,21)22)7-8-11(13)16(26)25-30(2,27)14-6-4-3-5-12(14)19/h3-9H,1-2H3. The van der Waals surface area contributed by atoms with Gasteiger partial charge in [-0.15, -0.1) is 0 Å². The zero-order valence-electron chi connectivity index (χ0n) is 15.4. The Hall–Kier alpha value is -3.28. The highest BCUT2D eigenvalue weighted by Crippen LogP contribution is 2.31. The molecule has 158 valence electrons. The smallest absolute Gasteiger partial charge is 0.471 e. The summed E-state index contributed by atoms with van der Waals surface area (Å²) in [5.74, 6) is -3.72. The largest absolute Gasteiger partial charge is 0.496 e. The van der Waals surface area contributed by atoms with Gasteiger partial charge in [-0.2, -0.15) is 22.5 Å². The molecule has 1 heterocycles. The Balaban J connectivity index is 1.99. The summed E-state index contributed by atoms with van der Waals surface area (Å²) in [5.41, 5.74) is -0.0549. The number of hydrogen-bond donors (Lipinski definition) is 0. The molecule has 7 nitrogen and oxygen atoms in total. The summed E-state index contributed by atoms with van der Waals surface area (Å²) in [6, 6.07) is 8.85. The van der Waals surface area contributed by atoms with Gasteiger partial charge in [-0.05, 0) is 30.3 Å². The van der Waals surface area contributed by atoms with Crippen molar-refractivity contribution in [2.75, 3.05) is 13.4 Å². The topological polar surface area (TPSA) is 94.7 Å². The van der Waals surface area contributed by atoms with Crippen LogP contribution in [0.4, 0.5) is 17.6 Å². The van der Waals surface area contributed by atoms with E-state index in [2.05, 4.69) is 19.0 Å². The number of nitrogens with zero attached hydrogens (tertiary/aromatic N) is 3. The molecule has 30 heavy (non-hydrogen) atoms. The molecule has 2 aromatic carbocycles. The number of aromatic nitrogens is 2. The quantitative estimate of drug-likeness (QED) is 0.561. The highest BCUT2D eigenvalue weighted by atomic mass is 32.2. The number of alkyl halides is 3. The molecule has 0 saturated carbocycles. The van der Waals surface area contributed by atoms with Gasteiger partial charge >= 0.3 is 12.1 Å². The van der Waals surface area contributed by atoms with Gasteiger partial charge < -0.3 is 9.26 Å². The van der Waals surface area contributed by atoms with Gasteiger partial charge in [0.15, 0.2) is 0 Å². The van der Waals surface area contributed by atoms with Crippen LogP contribution in [-0.2, 0) is 15.9 Å². The first-order valence-corrected chi connectivity index (χ1v) is 10.1. The minimum Gasteiger partial charge on any atom is -0.496 e. The summed E-state index contributed by atoms with van der Waals surface area (Å²) in [5, 5.41) is 3.25. The fraction of sp³-hybridized carbons (Fsp3) is 0.167. The molecule has 0 spiro atoms. The number of carbonyl (C=O) groups is 1. The van der Waals surface area contributed by atoms with E-state index in [1.807, 2.05) is 0 Å². The molecule has 1 atom stereocenters. The van der Waals surface area contributed by atoms with Crippen molar-refractivity contribution in [2.24, 2.45) is 4.36 Å². The Morgan fingerprint density at radius 1 is 1.20 bits per heavy atom. The SMILES string of the molecule is COc1cc(-c2noc(C(F)(F)F)n2)ccc1C(=O)N=S(C)(=O)c1ccccc1F. The number of halogens is 4. The Morgan fingerprint density at radius 3 is 2.50 bits per heavy atom. The number of rotatable bonds is 4. The zero-order chi connectivity index (χ0) is 22.1. The van der Waals surface area contributed by atoms with Crippen molar-refractivity contribution in [2.45, 2.75) is 11.1 Å². The van der Waals surface area contributed by atoms with E-state index in [0.29, 0.717) is 0 Å². The highest BCUT2D eigenvalue weighted by molar-refractivity contribution is 7.93. The van der Waals surface area contributed by atoms with Crippen molar-refractivity contribution in [1.82, 2.24) is 10.1 Å². The zero-order valence-corrected chi connectivity index (χ0v) is 16.3. The van der Waals surface area contributed by atoms with Crippen molar-refractivity contribution in [1.29, 1.82) is 0 Å². The van der Waals surface area contributed by atoms with Crippen molar-refractivity contribution < 1.29 is 35.8 Å². The van der Waals surface area contributed by atoms with Crippen LogP contribution >= 0.6 is 0 Å². The maximum absolute atomic E-state index is 13.9. The van der Waals surface area contributed by atoms with Gasteiger partial charge in [0, 0.05) is 11.8 Å². The molecule has 0 fully saturated rings. The second-order valence-corrected chi connectivity index (χ2v) is 8.19. The van der Waals surface area contributed by atoms with Crippen LogP contribution in [-0.4, -0.2) is 33.6 Å². The van der Waals surface area contributed by atoms with E-state index in [4.69, 9.17) is 4.74 Å². The summed E-state index contributed by atoms with van der Waals surface area (Å²) in [7, 11) is -2.19. The number of hydrogen-bond acceptors (Lipinski definition) is 6. The average molecular weight is 443 g/mol. The third-order valence-corrected chi connectivity index (χ3v) is 5.52. The lowest BCUT2D eigenvalue weighted by Crippen LogP contribution is -2.07. The summed E-state index contributed by atoms with van der Waals surface area (Å²) < 4.78 is 77.5. The van der Waals surface area contributed by atoms with Crippen LogP contribution in [0.1, 0.15) is 16.2 Å². The van der Waals surface area contributed by atoms with Crippen LogP contribution in [0.3, 0.4) is 0 Å². The second kappa shape index (κ2) is 7.86. The molecular weight excluding hydrogens is 430 g/mol. The van der Waals surface area contributed by atoms with Gasteiger partial charge in [-0.3, -0.25) is 4.79 Å². The highest BCUT2D eigenvalue weighted by Gasteiger charge is 2.38. The third kappa shape index (κ3) is 4.32. The van der Waals surface area contributed by atoms with E-state index in [-0.39, 0.29) is 27.6 Å². The van der Waals surface area contributed by atoms with Gasteiger partial charge in [0.05, 0.1) is 27.3 Å². The van der Waals surface area contributed by atoms with Crippen molar-refractivity contribution in [3.8, 4) is 17.1 Å². The normalized spacial score (nSPS) is 13.5.